The molecule has 19 heavy (non-hydrogen) atoms. The van der Waals surface area contributed by atoms with Crippen LogP contribution < -0.4 is 4.74 Å². The molecule has 0 aliphatic carbocycles. The van der Waals surface area contributed by atoms with Gasteiger partial charge in [-0.1, -0.05) is 19.1 Å². The molecule has 0 saturated carbocycles. The summed E-state index contributed by atoms with van der Waals surface area (Å²) in [6.45, 7) is 2.84. The molecule has 102 valence electrons. The summed E-state index contributed by atoms with van der Waals surface area (Å²) < 4.78 is 11.0. The third-order valence-corrected chi connectivity index (χ3v) is 3.77. The van der Waals surface area contributed by atoms with Crippen LogP contribution in [-0.4, -0.2) is 17.3 Å². The first kappa shape index (κ1) is 14.2. The van der Waals surface area contributed by atoms with Gasteiger partial charge in [-0.05, 0) is 36.3 Å². The average Bonchev–Trinajstić information content (AvgIpc) is 2.84. The molecule has 0 saturated heterocycles. The number of hydrogen-bond acceptors (Lipinski definition) is 4. The zero-order valence-electron chi connectivity index (χ0n) is 10.8. The van der Waals surface area contributed by atoms with Crippen molar-refractivity contribution in [1.29, 1.82) is 0 Å². The summed E-state index contributed by atoms with van der Waals surface area (Å²) in [6, 6.07) is 8.23. The first-order valence-electron chi connectivity index (χ1n) is 6.25. The first-order chi connectivity index (χ1) is 9.28. The van der Waals surface area contributed by atoms with Gasteiger partial charge in [-0.3, -0.25) is 0 Å². The second-order valence-electron chi connectivity index (χ2n) is 4.05. The maximum Gasteiger partial charge on any atom is 0.266 e. The number of nitrogens with one attached hydrogen (secondary N) is 1. The molecule has 0 bridgehead atoms. The minimum Gasteiger partial charge on any atom is -0.493 e. The Labute approximate surface area is 122 Å². The van der Waals surface area contributed by atoms with E-state index >= 15 is 0 Å². The van der Waals surface area contributed by atoms with Gasteiger partial charge in [0.25, 0.3) is 4.84 Å². The van der Waals surface area contributed by atoms with Crippen molar-refractivity contribution < 1.29 is 9.15 Å². The van der Waals surface area contributed by atoms with Crippen molar-refractivity contribution in [2.45, 2.75) is 19.1 Å². The zero-order chi connectivity index (χ0) is 13.5. The summed E-state index contributed by atoms with van der Waals surface area (Å²) in [6.07, 6.45) is 2.84. The van der Waals surface area contributed by atoms with Crippen molar-refractivity contribution in [1.82, 2.24) is 4.98 Å². The van der Waals surface area contributed by atoms with Crippen LogP contribution in [0.5, 0.6) is 5.75 Å². The predicted molar refractivity (Wildman–Crippen MR) is 81.4 cm³/mol. The van der Waals surface area contributed by atoms with Gasteiger partial charge in [0.15, 0.2) is 0 Å². The number of oxazole rings is 1. The van der Waals surface area contributed by atoms with Gasteiger partial charge in [0, 0.05) is 11.9 Å². The number of rotatable bonds is 7. The van der Waals surface area contributed by atoms with E-state index in [0.29, 0.717) is 11.4 Å². The van der Waals surface area contributed by atoms with Crippen LogP contribution in [0.3, 0.4) is 0 Å². The van der Waals surface area contributed by atoms with Crippen LogP contribution in [0.15, 0.2) is 34.9 Å². The van der Waals surface area contributed by atoms with E-state index in [1.807, 2.05) is 12.1 Å². The fourth-order valence-electron chi connectivity index (χ4n) is 1.63. The summed E-state index contributed by atoms with van der Waals surface area (Å²) in [5, 5.41) is 0. The van der Waals surface area contributed by atoms with E-state index in [2.05, 4.69) is 24.0 Å². The molecule has 3 nitrogen and oxygen atoms in total. The van der Waals surface area contributed by atoms with E-state index in [4.69, 9.17) is 21.4 Å². The lowest BCUT2D eigenvalue weighted by atomic mass is 10.2. The minimum absolute atomic E-state index is 0.434. The Hall–Kier alpha value is -1.20. The third-order valence-electron chi connectivity index (χ3n) is 2.62. The number of benzene rings is 1. The molecule has 0 aliphatic heterocycles. The normalized spacial score (nSPS) is 10.6. The van der Waals surface area contributed by atoms with Crippen LogP contribution in [0.2, 0.25) is 0 Å². The van der Waals surface area contributed by atoms with Gasteiger partial charge in [-0.15, -0.1) is 0 Å². The zero-order valence-corrected chi connectivity index (χ0v) is 12.5. The minimum atomic E-state index is 0.434. The van der Waals surface area contributed by atoms with E-state index in [1.54, 1.807) is 18.0 Å². The molecule has 0 unspecified atom stereocenters. The first-order valence-corrected chi connectivity index (χ1v) is 7.81. The number of aromatic amines is 1. The van der Waals surface area contributed by atoms with Crippen LogP contribution in [-0.2, 0) is 12.2 Å². The van der Waals surface area contributed by atoms with Crippen LogP contribution in [0.4, 0.5) is 0 Å². The molecule has 0 aliphatic rings. The Morgan fingerprint density at radius 1 is 1.42 bits per heavy atom. The van der Waals surface area contributed by atoms with Crippen LogP contribution in [0, 0.1) is 4.84 Å². The van der Waals surface area contributed by atoms with E-state index < -0.39 is 0 Å². The second-order valence-corrected chi connectivity index (χ2v) is 5.52. The number of thioether (sulfide) groups is 1. The van der Waals surface area contributed by atoms with Crippen molar-refractivity contribution in [2.24, 2.45) is 0 Å². The summed E-state index contributed by atoms with van der Waals surface area (Å²) in [4.78, 5) is 3.29. The van der Waals surface area contributed by atoms with E-state index in [1.165, 1.54) is 5.56 Å². The number of aromatic nitrogens is 1. The van der Waals surface area contributed by atoms with Crippen LogP contribution in [0.25, 0.3) is 0 Å². The second kappa shape index (κ2) is 7.40. The standard InChI is InChI=1S/C14H17NO2S2/c1-2-11-4-3-5-12(8-11)16-6-7-19-10-13-9-15-14(18)17-13/h3-5,8-9H,2,6-7,10H2,1H3,(H,15,18). The Balaban J connectivity index is 1.67. The van der Waals surface area contributed by atoms with Crippen molar-refractivity contribution in [3.05, 3.63) is 46.6 Å². The molecule has 1 N–H and O–H groups in total. The summed E-state index contributed by atoms with van der Waals surface area (Å²) in [5.74, 6) is 3.55. The Morgan fingerprint density at radius 2 is 2.32 bits per heavy atom. The van der Waals surface area contributed by atoms with E-state index in [-0.39, 0.29) is 0 Å². The highest BCUT2D eigenvalue weighted by Crippen LogP contribution is 2.15. The number of hydrogen-bond donors (Lipinski definition) is 1. The van der Waals surface area contributed by atoms with Crippen LogP contribution in [0.1, 0.15) is 18.2 Å². The van der Waals surface area contributed by atoms with Crippen molar-refractivity contribution >= 4 is 24.0 Å². The number of aryl methyl sites for hydroxylation is 1. The van der Waals surface area contributed by atoms with E-state index in [9.17, 15) is 0 Å². The van der Waals surface area contributed by atoms with Gasteiger partial charge in [0.1, 0.15) is 11.5 Å². The number of ether oxygens (including phenoxy) is 1. The fourth-order valence-corrected chi connectivity index (χ4v) is 2.49. The molecule has 2 aromatic rings. The Kier molecular flexibility index (Phi) is 5.54. The highest BCUT2D eigenvalue weighted by molar-refractivity contribution is 7.98. The van der Waals surface area contributed by atoms with Gasteiger partial charge < -0.3 is 14.1 Å². The van der Waals surface area contributed by atoms with Gasteiger partial charge in [-0.25, -0.2) is 0 Å². The van der Waals surface area contributed by atoms with Crippen molar-refractivity contribution in [3.8, 4) is 5.75 Å². The molecule has 0 spiro atoms. The van der Waals surface area contributed by atoms with Gasteiger partial charge >= 0.3 is 0 Å². The average molecular weight is 295 g/mol. The van der Waals surface area contributed by atoms with Crippen molar-refractivity contribution in [2.75, 3.05) is 12.4 Å². The molecule has 0 radical (unpaired) electrons. The number of H-pyrrole nitrogens is 1. The molecule has 0 amide bonds. The molecular weight excluding hydrogens is 278 g/mol. The maximum absolute atomic E-state index is 5.71. The highest BCUT2D eigenvalue weighted by atomic mass is 32.2. The molecular formula is C14H17NO2S2. The molecule has 1 aromatic heterocycles. The molecule has 1 aromatic carbocycles. The quantitative estimate of drug-likeness (QED) is 0.613. The van der Waals surface area contributed by atoms with E-state index in [0.717, 1.165) is 29.4 Å². The lowest BCUT2D eigenvalue weighted by Crippen LogP contribution is -2.00. The topological polar surface area (TPSA) is 38.2 Å². The highest BCUT2D eigenvalue weighted by Gasteiger charge is 1.99. The molecule has 1 heterocycles. The fraction of sp³-hybridized carbons (Fsp3) is 0.357. The summed E-state index contributed by atoms with van der Waals surface area (Å²) in [7, 11) is 0. The molecule has 2 rings (SSSR count). The largest absolute Gasteiger partial charge is 0.493 e. The lowest BCUT2D eigenvalue weighted by Gasteiger charge is -2.06. The van der Waals surface area contributed by atoms with Gasteiger partial charge in [0.2, 0.25) is 0 Å². The molecule has 5 heteroatoms. The Bertz CT molecular complexity index is 562. The summed E-state index contributed by atoms with van der Waals surface area (Å²) in [5.41, 5.74) is 1.30. The lowest BCUT2D eigenvalue weighted by molar-refractivity contribution is 0.343. The maximum atomic E-state index is 5.71. The van der Waals surface area contributed by atoms with Crippen molar-refractivity contribution in [3.63, 3.8) is 0 Å². The summed E-state index contributed by atoms with van der Waals surface area (Å²) >= 11 is 6.63. The predicted octanol–water partition coefficient (Wildman–Crippen LogP) is 4.21. The monoisotopic (exact) mass is 295 g/mol. The smallest absolute Gasteiger partial charge is 0.266 e. The van der Waals surface area contributed by atoms with Gasteiger partial charge in [0.05, 0.1) is 12.4 Å². The van der Waals surface area contributed by atoms with Crippen LogP contribution >= 0.6 is 24.0 Å². The van der Waals surface area contributed by atoms with Gasteiger partial charge in [-0.2, -0.15) is 11.8 Å². The SMILES string of the molecule is CCc1cccc(OCCSCc2c[nH]c(=S)o2)c1. The molecule has 0 atom stereocenters. The molecule has 0 fully saturated rings. The third kappa shape index (κ3) is 4.76. The Morgan fingerprint density at radius 3 is 3.05 bits per heavy atom.